The van der Waals surface area contributed by atoms with Gasteiger partial charge in [-0.1, -0.05) is 55.6 Å². The molecule has 3 amide bonds. The molecule has 1 aliphatic rings. The second-order valence-corrected chi connectivity index (χ2v) is 10.5. The third kappa shape index (κ3) is 7.35. The van der Waals surface area contributed by atoms with Crippen LogP contribution in [0, 0.1) is 11.8 Å². The van der Waals surface area contributed by atoms with Crippen LogP contribution in [0.1, 0.15) is 40.0 Å². The Bertz CT molecular complexity index is 651. The molecule has 166 valence electrons. The van der Waals surface area contributed by atoms with Crippen molar-refractivity contribution in [3.8, 4) is 0 Å². The molecule has 1 rings (SSSR count). The minimum Gasteiger partial charge on any atom is -0.499 e. The van der Waals surface area contributed by atoms with E-state index in [-0.39, 0.29) is 24.7 Å². The molecule has 11 heteroatoms. The second-order valence-electron chi connectivity index (χ2n) is 7.01. The van der Waals surface area contributed by atoms with E-state index in [9.17, 15) is 14.4 Å². The molecular weight excluding hydrogens is 485 g/mol. The van der Waals surface area contributed by atoms with Crippen LogP contribution in [0.3, 0.4) is 0 Å². The van der Waals surface area contributed by atoms with Gasteiger partial charge in [-0.3, -0.25) is 19.3 Å². The number of carbonyl (C=O) groups is 3. The second kappa shape index (κ2) is 11.3. The van der Waals surface area contributed by atoms with Crippen LogP contribution in [0.5, 0.6) is 0 Å². The maximum Gasteiger partial charge on any atom is 0.257 e. The zero-order chi connectivity index (χ0) is 22.5. The number of rotatable bonds is 9. The lowest BCUT2D eigenvalue weighted by Crippen LogP contribution is -2.53. The van der Waals surface area contributed by atoms with E-state index in [0.29, 0.717) is 12.2 Å². The van der Waals surface area contributed by atoms with E-state index >= 15 is 0 Å². The monoisotopic (exact) mass is 508 g/mol. The number of halogens is 5. The van der Waals surface area contributed by atoms with Gasteiger partial charge in [0.05, 0.1) is 13.2 Å². The fourth-order valence-electron chi connectivity index (χ4n) is 2.87. The van der Waals surface area contributed by atoms with Crippen molar-refractivity contribution in [2.45, 2.75) is 60.7 Å². The number of methoxy groups -OCH3 is 1. The molecule has 0 unspecified atom stereocenters. The molecule has 0 bridgehead atoms. The molecule has 0 radical (unpaired) electrons. The highest BCUT2D eigenvalue weighted by Crippen LogP contribution is 2.38. The Hall–Kier alpha value is -0.400. The van der Waals surface area contributed by atoms with Gasteiger partial charge in [-0.05, 0) is 18.8 Å². The summed E-state index contributed by atoms with van der Waals surface area (Å²) in [7, 11) is 1.41. The lowest BCUT2D eigenvalue weighted by Gasteiger charge is -2.32. The molecule has 1 N–H and O–H groups in total. The van der Waals surface area contributed by atoms with E-state index < -0.39 is 38.4 Å². The van der Waals surface area contributed by atoms with E-state index in [2.05, 4.69) is 5.32 Å². The van der Waals surface area contributed by atoms with Crippen molar-refractivity contribution in [3.63, 3.8) is 0 Å². The number of hydrogen-bond donors (Lipinski definition) is 1. The van der Waals surface area contributed by atoms with Gasteiger partial charge in [-0.2, -0.15) is 0 Å². The minimum atomic E-state index is -1.64. The highest BCUT2D eigenvalue weighted by molar-refractivity contribution is 6.67. The standard InChI is InChI=1S/C18H25Cl5N2O4/c1-5-14(26)24-11(7-10(3)18(21,22)23)17(28)25-12(6-9(2)16(19)20)13(29-4)8-15(25)27/h8-12,16H,5-7H2,1-4H3,(H,24,26)/t9-,10-,11+,12-/m0/s1. The molecule has 0 aromatic heterocycles. The topological polar surface area (TPSA) is 75.7 Å². The van der Waals surface area contributed by atoms with Gasteiger partial charge in [0.25, 0.3) is 11.8 Å². The lowest BCUT2D eigenvalue weighted by atomic mass is 9.98. The van der Waals surface area contributed by atoms with Crippen LogP contribution in [0.2, 0.25) is 0 Å². The highest BCUT2D eigenvalue weighted by Gasteiger charge is 2.43. The molecule has 4 atom stereocenters. The van der Waals surface area contributed by atoms with Crippen molar-refractivity contribution in [2.24, 2.45) is 11.8 Å². The van der Waals surface area contributed by atoms with Crippen molar-refractivity contribution in [3.05, 3.63) is 11.8 Å². The van der Waals surface area contributed by atoms with Gasteiger partial charge >= 0.3 is 0 Å². The molecule has 6 nitrogen and oxygen atoms in total. The molecule has 0 aliphatic carbocycles. The van der Waals surface area contributed by atoms with Gasteiger partial charge in [-0.15, -0.1) is 23.2 Å². The first-order valence-corrected chi connectivity index (χ1v) is 11.1. The van der Waals surface area contributed by atoms with Crippen LogP contribution in [-0.4, -0.2) is 50.4 Å². The highest BCUT2D eigenvalue weighted by atomic mass is 35.6. The van der Waals surface area contributed by atoms with Gasteiger partial charge in [0.2, 0.25) is 5.91 Å². The van der Waals surface area contributed by atoms with Crippen molar-refractivity contribution in [2.75, 3.05) is 7.11 Å². The summed E-state index contributed by atoms with van der Waals surface area (Å²) in [6.07, 6.45) is 1.72. The van der Waals surface area contributed by atoms with Crippen molar-refractivity contribution < 1.29 is 19.1 Å². The Morgan fingerprint density at radius 1 is 1.28 bits per heavy atom. The van der Waals surface area contributed by atoms with Crippen molar-refractivity contribution in [1.29, 1.82) is 0 Å². The normalized spacial score (nSPS) is 20.3. The summed E-state index contributed by atoms with van der Waals surface area (Å²) in [4.78, 5) is 38.2. The molecule has 29 heavy (non-hydrogen) atoms. The van der Waals surface area contributed by atoms with Crippen LogP contribution in [0.4, 0.5) is 0 Å². The Morgan fingerprint density at radius 2 is 1.86 bits per heavy atom. The molecule has 0 aromatic rings. The predicted molar refractivity (Wildman–Crippen MR) is 116 cm³/mol. The maximum atomic E-state index is 13.3. The van der Waals surface area contributed by atoms with E-state index in [0.717, 1.165) is 4.90 Å². The third-order valence-corrected chi connectivity index (χ3v) is 6.72. The zero-order valence-corrected chi connectivity index (χ0v) is 20.3. The Labute approximate surface area is 196 Å². The van der Waals surface area contributed by atoms with Gasteiger partial charge in [0.15, 0.2) is 3.79 Å². The molecule has 0 saturated heterocycles. The van der Waals surface area contributed by atoms with Crippen LogP contribution in [-0.2, 0) is 19.1 Å². The summed E-state index contributed by atoms with van der Waals surface area (Å²) in [5.41, 5.74) is 0. The number of imide groups is 1. The van der Waals surface area contributed by atoms with Gasteiger partial charge in [0.1, 0.15) is 16.6 Å². The third-order valence-electron chi connectivity index (χ3n) is 4.74. The predicted octanol–water partition coefficient (Wildman–Crippen LogP) is 4.38. The Kier molecular flexibility index (Phi) is 10.4. The summed E-state index contributed by atoms with van der Waals surface area (Å²) >= 11 is 29.7. The van der Waals surface area contributed by atoms with Crippen LogP contribution < -0.4 is 5.32 Å². The molecular formula is C18H25Cl5N2O4. The van der Waals surface area contributed by atoms with E-state index in [1.54, 1.807) is 20.8 Å². The SMILES string of the molecule is CCC(=O)N[C@H](C[C@H](C)C(Cl)(Cl)Cl)C(=O)N1C(=O)C=C(OC)[C@@H]1C[C@H](C)C(Cl)Cl. The Balaban J connectivity index is 3.18. The first-order chi connectivity index (χ1) is 13.3. The Morgan fingerprint density at radius 3 is 2.31 bits per heavy atom. The number of nitrogens with one attached hydrogen (secondary N) is 1. The van der Waals surface area contributed by atoms with Crippen molar-refractivity contribution >= 4 is 75.7 Å². The van der Waals surface area contributed by atoms with E-state index in [4.69, 9.17) is 62.7 Å². The smallest absolute Gasteiger partial charge is 0.257 e. The number of amides is 3. The quantitative estimate of drug-likeness (QED) is 0.467. The fraction of sp³-hybridized carbons (Fsp3) is 0.722. The number of hydrogen-bond acceptors (Lipinski definition) is 4. The van der Waals surface area contributed by atoms with Gasteiger partial charge in [0, 0.05) is 18.4 Å². The first kappa shape index (κ1) is 26.6. The molecule has 1 heterocycles. The van der Waals surface area contributed by atoms with Crippen LogP contribution >= 0.6 is 58.0 Å². The number of carbonyl (C=O) groups excluding carboxylic acids is 3. The number of alkyl halides is 5. The first-order valence-electron chi connectivity index (χ1n) is 9.10. The number of ether oxygens (including phenoxy) is 1. The van der Waals surface area contributed by atoms with Crippen molar-refractivity contribution in [1.82, 2.24) is 10.2 Å². The average Bonchev–Trinajstić information content (AvgIpc) is 2.94. The lowest BCUT2D eigenvalue weighted by molar-refractivity contribution is -0.146. The average molecular weight is 511 g/mol. The van der Waals surface area contributed by atoms with Gasteiger partial charge < -0.3 is 10.1 Å². The van der Waals surface area contributed by atoms with E-state index in [1.165, 1.54) is 13.2 Å². The summed E-state index contributed by atoms with van der Waals surface area (Å²) in [6, 6.07) is -1.75. The molecule has 0 fully saturated rings. The van der Waals surface area contributed by atoms with Crippen LogP contribution in [0.15, 0.2) is 11.8 Å². The molecule has 1 aliphatic heterocycles. The van der Waals surface area contributed by atoms with E-state index in [1.807, 2.05) is 0 Å². The summed E-state index contributed by atoms with van der Waals surface area (Å²) in [5, 5.41) is 2.62. The van der Waals surface area contributed by atoms with Crippen LogP contribution in [0.25, 0.3) is 0 Å². The fourth-order valence-corrected chi connectivity index (χ4v) is 3.35. The molecule has 0 saturated carbocycles. The van der Waals surface area contributed by atoms with Gasteiger partial charge in [-0.25, -0.2) is 0 Å². The summed E-state index contributed by atoms with van der Waals surface area (Å²) < 4.78 is 3.64. The summed E-state index contributed by atoms with van der Waals surface area (Å²) in [6.45, 7) is 5.08. The zero-order valence-electron chi connectivity index (χ0n) is 16.6. The summed E-state index contributed by atoms with van der Waals surface area (Å²) in [5.74, 6) is -2.01. The minimum absolute atomic E-state index is 0.0308. The molecule has 0 spiro atoms. The largest absolute Gasteiger partial charge is 0.499 e. The maximum absolute atomic E-state index is 13.3. The number of nitrogens with zero attached hydrogens (tertiary/aromatic N) is 1. The molecule has 0 aromatic carbocycles.